The summed E-state index contributed by atoms with van der Waals surface area (Å²) in [6.45, 7) is 0.183. The van der Waals surface area contributed by atoms with Crippen molar-refractivity contribution in [3.05, 3.63) is 0 Å². The van der Waals surface area contributed by atoms with Crippen molar-refractivity contribution in [2.24, 2.45) is 5.73 Å². The van der Waals surface area contributed by atoms with Crippen molar-refractivity contribution in [3.8, 4) is 0 Å². The van der Waals surface area contributed by atoms with Crippen molar-refractivity contribution in [1.82, 2.24) is 0 Å². The van der Waals surface area contributed by atoms with E-state index in [2.05, 4.69) is 0 Å². The molecule has 17 heavy (non-hydrogen) atoms. The first-order valence-electron chi connectivity index (χ1n) is 5.17. The van der Waals surface area contributed by atoms with Crippen molar-refractivity contribution in [1.29, 1.82) is 0 Å². The van der Waals surface area contributed by atoms with Crippen LogP contribution in [0.2, 0.25) is 0 Å². The van der Waals surface area contributed by atoms with Gasteiger partial charge in [-0.3, -0.25) is 4.18 Å². The van der Waals surface area contributed by atoms with Gasteiger partial charge in [-0.25, -0.2) is 0 Å². The van der Waals surface area contributed by atoms with Crippen LogP contribution in [0.15, 0.2) is 0 Å². The van der Waals surface area contributed by atoms with E-state index in [1.807, 2.05) is 0 Å². The van der Waals surface area contributed by atoms with Crippen molar-refractivity contribution >= 4 is 16.1 Å². The number of carboxylic acids is 1. The Hall–Kier alpha value is -0.700. The number of aliphatic carboxylic acids is 1. The second-order valence-electron chi connectivity index (χ2n) is 4.82. The molecule has 8 heteroatoms. The summed E-state index contributed by atoms with van der Waals surface area (Å²) in [6, 6.07) is 0. The zero-order chi connectivity index (χ0) is 13.7. The normalized spacial score (nSPS) is 14.6. The summed E-state index contributed by atoms with van der Waals surface area (Å²) in [4.78, 5) is 10.5. The van der Waals surface area contributed by atoms with E-state index in [1.165, 1.54) is 0 Å². The van der Waals surface area contributed by atoms with Crippen LogP contribution < -0.4 is 10.8 Å². The molecule has 0 amide bonds. The van der Waals surface area contributed by atoms with Gasteiger partial charge in [-0.2, -0.15) is 8.42 Å². The first kappa shape index (κ1) is 16.3. The van der Waals surface area contributed by atoms with Crippen LogP contribution in [0.1, 0.15) is 6.42 Å². The number of nitrogens with two attached hydrogens (primary N) is 1. The van der Waals surface area contributed by atoms with Crippen LogP contribution in [0, 0.1) is 0 Å². The Morgan fingerprint density at radius 2 is 1.94 bits per heavy atom. The molecule has 1 unspecified atom stereocenters. The fourth-order valence-corrected chi connectivity index (χ4v) is 2.25. The molecule has 0 aliphatic heterocycles. The Balaban J connectivity index is 4.65. The molecule has 0 aromatic heterocycles. The van der Waals surface area contributed by atoms with Crippen LogP contribution in [0.3, 0.4) is 0 Å². The predicted molar refractivity (Wildman–Crippen MR) is 60.2 cm³/mol. The van der Waals surface area contributed by atoms with E-state index in [1.54, 1.807) is 21.1 Å². The summed E-state index contributed by atoms with van der Waals surface area (Å²) in [5.74, 6) is -1.67. The maximum Gasteiger partial charge on any atom is 0.269 e. The molecule has 0 saturated carbocycles. The van der Waals surface area contributed by atoms with E-state index in [0.717, 1.165) is 0 Å². The highest BCUT2D eigenvalue weighted by Gasteiger charge is 2.24. The highest BCUT2D eigenvalue weighted by molar-refractivity contribution is 7.86. The number of nitrogens with zero attached hydrogens (tertiary/aromatic N) is 1. The summed E-state index contributed by atoms with van der Waals surface area (Å²) >= 11 is 0. The van der Waals surface area contributed by atoms with Crippen LogP contribution >= 0.6 is 0 Å². The van der Waals surface area contributed by atoms with Gasteiger partial charge in [-0.05, 0) is 0 Å². The summed E-state index contributed by atoms with van der Waals surface area (Å²) in [5.41, 5.74) is 5.13. The Kier molecular flexibility index (Phi) is 6.03. The van der Waals surface area contributed by atoms with Gasteiger partial charge >= 0.3 is 0 Å². The van der Waals surface area contributed by atoms with Gasteiger partial charge in [0.15, 0.2) is 0 Å². The van der Waals surface area contributed by atoms with E-state index in [9.17, 15) is 18.3 Å². The molecule has 0 aromatic carbocycles. The summed E-state index contributed by atoms with van der Waals surface area (Å²) in [5, 5.41) is 10.5. The molecular formula is C9H20N2O5S. The van der Waals surface area contributed by atoms with Crippen molar-refractivity contribution < 1.29 is 27.0 Å². The Morgan fingerprint density at radius 3 is 2.29 bits per heavy atom. The largest absolute Gasteiger partial charge is 0.550 e. The standard InChI is InChI=1S/C9H20N2O5S/c1-11(2,3)7-8(6-9(12)13)16-17(14,15)5-4-10/h8H,4-7,10H2,1-3H3. The molecule has 0 radical (unpaired) electrons. The molecule has 0 aliphatic rings. The zero-order valence-electron chi connectivity index (χ0n) is 10.4. The smallest absolute Gasteiger partial charge is 0.269 e. The van der Waals surface area contributed by atoms with Gasteiger partial charge in [-0.1, -0.05) is 0 Å². The molecule has 0 rings (SSSR count). The second kappa shape index (κ2) is 6.29. The lowest BCUT2D eigenvalue weighted by atomic mass is 10.2. The molecule has 0 spiro atoms. The lowest BCUT2D eigenvalue weighted by Gasteiger charge is -2.29. The van der Waals surface area contributed by atoms with Crippen LogP contribution in [-0.4, -0.2) is 65.0 Å². The second-order valence-corrected chi connectivity index (χ2v) is 6.53. The maximum absolute atomic E-state index is 11.4. The number of hydrogen-bond donors (Lipinski definition) is 1. The molecule has 1 atom stereocenters. The van der Waals surface area contributed by atoms with Gasteiger partial charge in [0.2, 0.25) is 0 Å². The number of rotatable bonds is 8. The molecular weight excluding hydrogens is 248 g/mol. The fourth-order valence-electron chi connectivity index (χ4n) is 1.33. The van der Waals surface area contributed by atoms with E-state index in [4.69, 9.17) is 9.92 Å². The number of carbonyl (C=O) groups is 1. The zero-order valence-corrected chi connectivity index (χ0v) is 11.2. The van der Waals surface area contributed by atoms with E-state index >= 15 is 0 Å². The van der Waals surface area contributed by atoms with Crippen LogP contribution in [0.25, 0.3) is 0 Å². The third-order valence-corrected chi connectivity index (χ3v) is 3.10. The van der Waals surface area contributed by atoms with Crippen molar-refractivity contribution in [2.45, 2.75) is 12.5 Å². The summed E-state index contributed by atoms with van der Waals surface area (Å²) in [6.07, 6.45) is -1.39. The number of likely N-dealkylation sites (N-methyl/N-ethyl adjacent to an activating group) is 1. The molecule has 0 heterocycles. The average Bonchev–Trinajstić information content (AvgIpc) is 1.96. The predicted octanol–water partition coefficient (Wildman–Crippen LogP) is -2.49. The molecule has 0 aromatic rings. The van der Waals surface area contributed by atoms with Crippen LogP contribution in [-0.2, 0) is 19.1 Å². The molecule has 0 saturated heterocycles. The minimum absolute atomic E-state index is 0.0647. The summed E-state index contributed by atoms with van der Waals surface area (Å²) in [7, 11) is 1.65. The number of quaternary nitrogens is 1. The minimum atomic E-state index is -3.77. The van der Waals surface area contributed by atoms with Crippen molar-refractivity contribution in [3.63, 3.8) is 0 Å². The number of hydrogen-bond acceptors (Lipinski definition) is 6. The molecule has 0 aliphatic carbocycles. The topological polar surface area (TPSA) is 110 Å². The van der Waals surface area contributed by atoms with Gasteiger partial charge in [0.05, 0.1) is 26.9 Å². The van der Waals surface area contributed by atoms with Gasteiger partial charge in [0.25, 0.3) is 10.1 Å². The Bertz CT molecular complexity index is 347. The van der Waals surface area contributed by atoms with Gasteiger partial charge in [0.1, 0.15) is 12.6 Å². The van der Waals surface area contributed by atoms with E-state index in [-0.39, 0.29) is 18.8 Å². The monoisotopic (exact) mass is 268 g/mol. The molecule has 0 fully saturated rings. The maximum atomic E-state index is 11.4. The quantitative estimate of drug-likeness (QED) is 0.385. The Morgan fingerprint density at radius 1 is 1.41 bits per heavy atom. The van der Waals surface area contributed by atoms with Crippen molar-refractivity contribution in [2.75, 3.05) is 40.0 Å². The third kappa shape index (κ3) is 9.04. The summed E-state index contributed by atoms with van der Waals surface area (Å²) < 4.78 is 28.0. The highest BCUT2D eigenvalue weighted by atomic mass is 32.2. The molecule has 2 N–H and O–H groups in total. The SMILES string of the molecule is C[N+](C)(C)CC(CC(=O)[O-])OS(=O)(=O)CCN. The fraction of sp³-hybridized carbons (Fsp3) is 0.889. The molecule has 7 nitrogen and oxygen atoms in total. The minimum Gasteiger partial charge on any atom is -0.550 e. The van der Waals surface area contributed by atoms with Gasteiger partial charge < -0.3 is 20.1 Å². The first-order chi connectivity index (χ1) is 7.56. The van der Waals surface area contributed by atoms with E-state index in [0.29, 0.717) is 4.48 Å². The highest BCUT2D eigenvalue weighted by Crippen LogP contribution is 2.08. The lowest BCUT2D eigenvalue weighted by molar-refractivity contribution is -0.873. The lowest BCUT2D eigenvalue weighted by Crippen LogP contribution is -2.45. The van der Waals surface area contributed by atoms with Gasteiger partial charge in [-0.15, -0.1) is 0 Å². The first-order valence-corrected chi connectivity index (χ1v) is 6.75. The third-order valence-electron chi connectivity index (χ3n) is 1.80. The van der Waals surface area contributed by atoms with Gasteiger partial charge in [0, 0.05) is 18.9 Å². The number of carbonyl (C=O) groups excluding carboxylic acids is 1. The Labute approximate surface area is 102 Å². The number of carboxylic acid groups (broad SMARTS) is 1. The van der Waals surface area contributed by atoms with E-state index < -0.39 is 28.6 Å². The molecule has 0 bridgehead atoms. The average molecular weight is 268 g/mol. The molecule has 102 valence electrons. The van der Waals surface area contributed by atoms with Crippen LogP contribution in [0.5, 0.6) is 0 Å². The van der Waals surface area contributed by atoms with Crippen LogP contribution in [0.4, 0.5) is 0 Å².